The van der Waals surface area contributed by atoms with Gasteiger partial charge in [-0.15, -0.1) is 0 Å². The number of carbonyl (C=O) groups excluding carboxylic acids is 2. The van der Waals surface area contributed by atoms with Crippen LogP contribution in [0.3, 0.4) is 0 Å². The van der Waals surface area contributed by atoms with Crippen LogP contribution in [-0.4, -0.2) is 31.4 Å². The van der Waals surface area contributed by atoms with E-state index in [-0.39, 0.29) is 17.9 Å². The highest BCUT2D eigenvalue weighted by atomic mass is 16.2. The third kappa shape index (κ3) is 5.52. The number of carbonyl (C=O) groups is 2. The van der Waals surface area contributed by atoms with Gasteiger partial charge in [-0.05, 0) is 26.0 Å². The van der Waals surface area contributed by atoms with Gasteiger partial charge in [0.1, 0.15) is 0 Å². The van der Waals surface area contributed by atoms with Crippen LogP contribution >= 0.6 is 0 Å². The standard InChI is InChI=1S/C14H21N3O2/c1-10-4-6-12(7-5-10)17-14(19)11(2)16-9-8-13(18)15-3/h4-7,11,16H,8-9H2,1-3H3,(H,15,18)(H,17,19). The maximum absolute atomic E-state index is 11.9. The smallest absolute Gasteiger partial charge is 0.241 e. The normalized spacial score (nSPS) is 11.7. The SMILES string of the molecule is CNC(=O)CCNC(C)C(=O)Nc1ccc(C)cc1. The van der Waals surface area contributed by atoms with Crippen LogP contribution in [0.2, 0.25) is 0 Å². The summed E-state index contributed by atoms with van der Waals surface area (Å²) in [6, 6.07) is 7.28. The quantitative estimate of drug-likeness (QED) is 0.718. The molecule has 5 nitrogen and oxygen atoms in total. The number of hydrogen-bond acceptors (Lipinski definition) is 3. The molecule has 0 spiro atoms. The highest BCUT2D eigenvalue weighted by Gasteiger charge is 2.12. The molecular weight excluding hydrogens is 242 g/mol. The molecule has 0 heterocycles. The first-order valence-electron chi connectivity index (χ1n) is 6.34. The Morgan fingerprint density at radius 2 is 1.84 bits per heavy atom. The molecular formula is C14H21N3O2. The van der Waals surface area contributed by atoms with Crippen molar-refractivity contribution in [3.8, 4) is 0 Å². The molecule has 0 bridgehead atoms. The average Bonchev–Trinajstić information content (AvgIpc) is 2.40. The summed E-state index contributed by atoms with van der Waals surface area (Å²) in [4.78, 5) is 22.9. The van der Waals surface area contributed by atoms with Crippen molar-refractivity contribution in [1.29, 1.82) is 0 Å². The molecule has 104 valence electrons. The summed E-state index contributed by atoms with van der Waals surface area (Å²) in [6.45, 7) is 4.24. The Morgan fingerprint density at radius 1 is 1.21 bits per heavy atom. The highest BCUT2D eigenvalue weighted by molar-refractivity contribution is 5.94. The molecule has 1 atom stereocenters. The second-order valence-electron chi connectivity index (χ2n) is 4.45. The van der Waals surface area contributed by atoms with Gasteiger partial charge in [-0.1, -0.05) is 17.7 Å². The number of amides is 2. The van der Waals surface area contributed by atoms with E-state index in [1.807, 2.05) is 31.2 Å². The molecule has 1 aromatic carbocycles. The summed E-state index contributed by atoms with van der Waals surface area (Å²) in [5, 5.41) is 8.36. The Balaban J connectivity index is 2.36. The van der Waals surface area contributed by atoms with Crippen LogP contribution in [0, 0.1) is 6.92 Å². The molecule has 0 radical (unpaired) electrons. The molecule has 19 heavy (non-hydrogen) atoms. The van der Waals surface area contributed by atoms with Crippen LogP contribution in [0.15, 0.2) is 24.3 Å². The van der Waals surface area contributed by atoms with E-state index >= 15 is 0 Å². The Morgan fingerprint density at radius 3 is 2.42 bits per heavy atom. The first-order valence-corrected chi connectivity index (χ1v) is 6.34. The minimum atomic E-state index is -0.342. The summed E-state index contributed by atoms with van der Waals surface area (Å²) in [5.74, 6) is -0.153. The maximum atomic E-state index is 11.9. The first kappa shape index (κ1) is 15.2. The zero-order chi connectivity index (χ0) is 14.3. The second-order valence-corrected chi connectivity index (χ2v) is 4.45. The lowest BCUT2D eigenvalue weighted by atomic mass is 10.2. The van der Waals surface area contributed by atoms with E-state index in [1.165, 1.54) is 0 Å². The van der Waals surface area contributed by atoms with Crippen LogP contribution < -0.4 is 16.0 Å². The number of rotatable bonds is 6. The summed E-state index contributed by atoms with van der Waals surface area (Å²) in [7, 11) is 1.59. The lowest BCUT2D eigenvalue weighted by molar-refractivity contribution is -0.121. The Hall–Kier alpha value is -1.88. The lowest BCUT2D eigenvalue weighted by Crippen LogP contribution is -2.39. The molecule has 1 aromatic rings. The van der Waals surface area contributed by atoms with E-state index in [4.69, 9.17) is 0 Å². The van der Waals surface area contributed by atoms with E-state index in [0.717, 1.165) is 11.3 Å². The molecule has 0 saturated carbocycles. The molecule has 5 heteroatoms. The monoisotopic (exact) mass is 263 g/mol. The molecule has 3 N–H and O–H groups in total. The van der Waals surface area contributed by atoms with Crippen molar-refractivity contribution >= 4 is 17.5 Å². The minimum absolute atomic E-state index is 0.0429. The number of nitrogens with one attached hydrogen (secondary N) is 3. The van der Waals surface area contributed by atoms with Crippen LogP contribution in [0.1, 0.15) is 18.9 Å². The molecule has 1 rings (SSSR count). The van der Waals surface area contributed by atoms with Crippen molar-refractivity contribution in [2.45, 2.75) is 26.3 Å². The van der Waals surface area contributed by atoms with Gasteiger partial charge in [-0.2, -0.15) is 0 Å². The largest absolute Gasteiger partial charge is 0.359 e. The van der Waals surface area contributed by atoms with Gasteiger partial charge >= 0.3 is 0 Å². The summed E-state index contributed by atoms with van der Waals surface area (Å²) >= 11 is 0. The fourth-order valence-corrected chi connectivity index (χ4v) is 1.51. The fraction of sp³-hybridized carbons (Fsp3) is 0.429. The summed E-state index contributed by atoms with van der Waals surface area (Å²) in [5.41, 5.74) is 1.92. The zero-order valence-electron chi connectivity index (χ0n) is 11.6. The zero-order valence-corrected chi connectivity index (χ0v) is 11.6. The number of aryl methyl sites for hydroxylation is 1. The molecule has 2 amide bonds. The molecule has 1 unspecified atom stereocenters. The van der Waals surface area contributed by atoms with Crippen molar-refractivity contribution < 1.29 is 9.59 Å². The van der Waals surface area contributed by atoms with Crippen molar-refractivity contribution in [1.82, 2.24) is 10.6 Å². The van der Waals surface area contributed by atoms with Gasteiger partial charge in [0, 0.05) is 25.7 Å². The first-order chi connectivity index (χ1) is 9.02. The van der Waals surface area contributed by atoms with Gasteiger partial charge in [-0.3, -0.25) is 9.59 Å². The van der Waals surface area contributed by atoms with Crippen LogP contribution in [0.4, 0.5) is 5.69 Å². The topological polar surface area (TPSA) is 70.2 Å². The summed E-state index contributed by atoms with van der Waals surface area (Å²) < 4.78 is 0. The maximum Gasteiger partial charge on any atom is 0.241 e. The van der Waals surface area contributed by atoms with Gasteiger partial charge in [-0.25, -0.2) is 0 Å². The van der Waals surface area contributed by atoms with Gasteiger partial charge in [0.15, 0.2) is 0 Å². The molecule has 0 aromatic heterocycles. The van der Waals surface area contributed by atoms with Crippen LogP contribution in [0.25, 0.3) is 0 Å². The third-order valence-electron chi connectivity index (χ3n) is 2.79. The predicted molar refractivity (Wildman–Crippen MR) is 76.0 cm³/mol. The van der Waals surface area contributed by atoms with Crippen LogP contribution in [-0.2, 0) is 9.59 Å². The molecule has 0 aliphatic carbocycles. The molecule has 0 aliphatic heterocycles. The molecule has 0 aliphatic rings. The minimum Gasteiger partial charge on any atom is -0.359 e. The van der Waals surface area contributed by atoms with Gasteiger partial charge in [0.2, 0.25) is 11.8 Å². The second kappa shape index (κ2) is 7.53. The van der Waals surface area contributed by atoms with Gasteiger partial charge < -0.3 is 16.0 Å². The summed E-state index contributed by atoms with van der Waals surface area (Å²) in [6.07, 6.45) is 0.360. The van der Waals surface area contributed by atoms with Gasteiger partial charge in [0.25, 0.3) is 0 Å². The average molecular weight is 263 g/mol. The molecule has 0 fully saturated rings. The van der Waals surface area contributed by atoms with E-state index < -0.39 is 0 Å². The van der Waals surface area contributed by atoms with Crippen molar-refractivity contribution in [2.75, 3.05) is 18.9 Å². The van der Waals surface area contributed by atoms with Crippen molar-refractivity contribution in [3.63, 3.8) is 0 Å². The lowest BCUT2D eigenvalue weighted by Gasteiger charge is -2.13. The fourth-order valence-electron chi connectivity index (χ4n) is 1.51. The Kier molecular flexibility index (Phi) is 6.02. The number of anilines is 1. The van der Waals surface area contributed by atoms with E-state index in [2.05, 4.69) is 16.0 Å². The van der Waals surface area contributed by atoms with E-state index in [1.54, 1.807) is 14.0 Å². The van der Waals surface area contributed by atoms with E-state index in [0.29, 0.717) is 13.0 Å². The van der Waals surface area contributed by atoms with Crippen molar-refractivity contribution in [2.24, 2.45) is 0 Å². The number of benzene rings is 1. The van der Waals surface area contributed by atoms with E-state index in [9.17, 15) is 9.59 Å². The molecule has 0 saturated heterocycles. The Labute approximate surface area is 113 Å². The van der Waals surface area contributed by atoms with Gasteiger partial charge in [0.05, 0.1) is 6.04 Å². The predicted octanol–water partition coefficient (Wildman–Crippen LogP) is 1.05. The van der Waals surface area contributed by atoms with Crippen LogP contribution in [0.5, 0.6) is 0 Å². The third-order valence-corrected chi connectivity index (χ3v) is 2.79. The number of hydrogen-bond donors (Lipinski definition) is 3. The van der Waals surface area contributed by atoms with Crippen molar-refractivity contribution in [3.05, 3.63) is 29.8 Å². The highest BCUT2D eigenvalue weighted by Crippen LogP contribution is 2.08. The Bertz CT molecular complexity index is 429.